The van der Waals surface area contributed by atoms with Crippen LogP contribution in [0.25, 0.3) is 0 Å². The third-order valence-corrected chi connectivity index (χ3v) is 8.41. The molecule has 2 aromatic carbocycles. The Kier molecular flexibility index (Phi) is 6.08. The number of likely N-dealkylation sites (tertiary alicyclic amines) is 1. The normalized spacial score (nSPS) is 25.8. The molecule has 3 aliphatic rings. The van der Waals surface area contributed by atoms with Crippen molar-refractivity contribution in [1.29, 1.82) is 0 Å². The summed E-state index contributed by atoms with van der Waals surface area (Å²) in [7, 11) is 0. The summed E-state index contributed by atoms with van der Waals surface area (Å²) in [6, 6.07) is 13.0. The molecule has 5 rings (SSSR count). The Balaban J connectivity index is 1.35. The highest BCUT2D eigenvalue weighted by Crippen LogP contribution is 2.42. The van der Waals surface area contributed by atoms with E-state index in [4.69, 9.17) is 23.2 Å². The number of halogens is 3. The molecule has 2 atom stereocenters. The topological polar surface area (TPSA) is 35.6 Å². The largest absolute Gasteiger partial charge is 0.339 e. The number of rotatable bonds is 3. The van der Waals surface area contributed by atoms with Crippen LogP contribution in [0.1, 0.15) is 50.0 Å². The summed E-state index contributed by atoms with van der Waals surface area (Å²) in [6.07, 6.45) is 6.28. The molecule has 2 aliphatic heterocycles. The molecule has 0 radical (unpaired) electrons. The van der Waals surface area contributed by atoms with Crippen LogP contribution in [-0.4, -0.2) is 42.1 Å². The van der Waals surface area contributed by atoms with Crippen molar-refractivity contribution in [2.45, 2.75) is 56.0 Å². The molecule has 1 saturated carbocycles. The van der Waals surface area contributed by atoms with Crippen LogP contribution in [0.15, 0.2) is 42.5 Å². The van der Waals surface area contributed by atoms with Gasteiger partial charge in [-0.15, -0.1) is 0 Å². The van der Waals surface area contributed by atoms with E-state index in [0.29, 0.717) is 28.7 Å². The minimum atomic E-state index is -0.553. The number of carbonyl (C=O) groups excluding carboxylic acids is 1. The van der Waals surface area contributed by atoms with Crippen LogP contribution in [0.3, 0.4) is 0 Å². The molecule has 0 bridgehead atoms. The Bertz CT molecular complexity index is 991. The highest BCUT2D eigenvalue weighted by Gasteiger charge is 2.51. The summed E-state index contributed by atoms with van der Waals surface area (Å²) in [5, 5.41) is 4.24. The van der Waals surface area contributed by atoms with E-state index in [1.165, 1.54) is 30.5 Å². The molecular formula is C25H28Cl2FN3O. The number of hydrogen-bond acceptors (Lipinski definition) is 3. The van der Waals surface area contributed by atoms with Gasteiger partial charge in [0.2, 0.25) is 5.91 Å². The lowest BCUT2D eigenvalue weighted by molar-refractivity contribution is -0.125. The zero-order valence-corrected chi connectivity index (χ0v) is 19.5. The van der Waals surface area contributed by atoms with Crippen molar-refractivity contribution >= 4 is 34.8 Å². The Morgan fingerprint density at radius 3 is 2.41 bits per heavy atom. The minimum Gasteiger partial charge on any atom is -0.339 e. The van der Waals surface area contributed by atoms with Gasteiger partial charge in [-0.1, -0.05) is 42.1 Å². The second-order valence-corrected chi connectivity index (χ2v) is 10.1. The first-order valence-corrected chi connectivity index (χ1v) is 12.2. The Hall–Kier alpha value is -1.82. The van der Waals surface area contributed by atoms with Crippen molar-refractivity contribution in [3.05, 3.63) is 63.9 Å². The van der Waals surface area contributed by atoms with E-state index in [2.05, 4.69) is 21.2 Å². The van der Waals surface area contributed by atoms with Crippen LogP contribution in [0.5, 0.6) is 0 Å². The lowest BCUT2D eigenvalue weighted by atomic mass is 9.77. The number of piperidine rings is 1. The SMILES string of the molecule is O=C1NCN(c2ccc(F)cc2)C12CCN([C@@H]1CCCC[C@@H]1c1ccc(Cl)c(Cl)c1)CC2. The molecule has 2 saturated heterocycles. The molecule has 4 nitrogen and oxygen atoms in total. The number of nitrogens with one attached hydrogen (secondary N) is 1. The molecule has 32 heavy (non-hydrogen) atoms. The smallest absolute Gasteiger partial charge is 0.247 e. The Morgan fingerprint density at radius 1 is 0.969 bits per heavy atom. The average Bonchev–Trinajstić information content (AvgIpc) is 3.12. The van der Waals surface area contributed by atoms with Gasteiger partial charge in [-0.2, -0.15) is 0 Å². The van der Waals surface area contributed by atoms with E-state index in [9.17, 15) is 9.18 Å². The van der Waals surface area contributed by atoms with Gasteiger partial charge in [-0.3, -0.25) is 9.69 Å². The maximum atomic E-state index is 13.4. The van der Waals surface area contributed by atoms with Gasteiger partial charge in [0.05, 0.1) is 16.7 Å². The summed E-state index contributed by atoms with van der Waals surface area (Å²) in [6.45, 7) is 2.21. The van der Waals surface area contributed by atoms with Crippen molar-refractivity contribution in [1.82, 2.24) is 10.2 Å². The summed E-state index contributed by atoms with van der Waals surface area (Å²) < 4.78 is 13.4. The van der Waals surface area contributed by atoms with E-state index in [-0.39, 0.29) is 11.7 Å². The van der Waals surface area contributed by atoms with E-state index in [1.807, 2.05) is 12.1 Å². The minimum absolute atomic E-state index is 0.0890. The molecular weight excluding hydrogens is 448 g/mol. The second-order valence-electron chi connectivity index (χ2n) is 9.27. The van der Waals surface area contributed by atoms with Gasteiger partial charge in [0.1, 0.15) is 11.4 Å². The predicted octanol–water partition coefficient (Wildman–Crippen LogP) is 5.59. The van der Waals surface area contributed by atoms with Crippen LogP contribution in [-0.2, 0) is 4.79 Å². The fourth-order valence-corrected chi connectivity index (χ4v) is 6.26. The zero-order chi connectivity index (χ0) is 22.3. The lowest BCUT2D eigenvalue weighted by Crippen LogP contribution is -2.58. The van der Waals surface area contributed by atoms with E-state index >= 15 is 0 Å². The zero-order valence-electron chi connectivity index (χ0n) is 18.0. The number of amides is 1. The summed E-state index contributed by atoms with van der Waals surface area (Å²) in [4.78, 5) is 17.7. The molecule has 0 aromatic heterocycles. The van der Waals surface area contributed by atoms with Crippen LogP contribution in [0.4, 0.5) is 10.1 Å². The molecule has 1 amide bonds. The van der Waals surface area contributed by atoms with Crippen LogP contribution < -0.4 is 10.2 Å². The summed E-state index contributed by atoms with van der Waals surface area (Å²) >= 11 is 12.5. The number of hydrogen-bond donors (Lipinski definition) is 1. The Labute approximate surface area is 198 Å². The predicted molar refractivity (Wildman–Crippen MR) is 127 cm³/mol. The van der Waals surface area contributed by atoms with Gasteiger partial charge in [0.25, 0.3) is 0 Å². The van der Waals surface area contributed by atoms with Gasteiger partial charge in [0.15, 0.2) is 0 Å². The summed E-state index contributed by atoms with van der Waals surface area (Å²) in [5.74, 6) is 0.256. The van der Waals surface area contributed by atoms with Crippen molar-refractivity contribution in [3.63, 3.8) is 0 Å². The first-order valence-electron chi connectivity index (χ1n) is 11.5. The average molecular weight is 476 g/mol. The fourth-order valence-electron chi connectivity index (χ4n) is 5.95. The van der Waals surface area contributed by atoms with Crippen molar-refractivity contribution in [2.24, 2.45) is 0 Å². The van der Waals surface area contributed by atoms with Gasteiger partial charge < -0.3 is 10.2 Å². The summed E-state index contributed by atoms with van der Waals surface area (Å²) in [5.41, 5.74) is 1.60. The maximum absolute atomic E-state index is 13.4. The quantitative estimate of drug-likeness (QED) is 0.628. The molecule has 170 valence electrons. The fraction of sp³-hybridized carbons (Fsp3) is 0.480. The number of anilines is 1. The highest BCUT2D eigenvalue weighted by atomic mass is 35.5. The molecule has 1 spiro atoms. The van der Waals surface area contributed by atoms with Crippen LogP contribution >= 0.6 is 23.2 Å². The first-order chi connectivity index (χ1) is 15.5. The molecule has 7 heteroatoms. The number of nitrogens with zero attached hydrogens (tertiary/aromatic N) is 2. The highest BCUT2D eigenvalue weighted by molar-refractivity contribution is 6.42. The molecule has 0 unspecified atom stereocenters. The monoisotopic (exact) mass is 475 g/mol. The molecule has 3 fully saturated rings. The first kappa shape index (κ1) is 22.0. The molecule has 2 aromatic rings. The third kappa shape index (κ3) is 3.89. The molecule has 1 aliphatic carbocycles. The van der Waals surface area contributed by atoms with Crippen LogP contribution in [0, 0.1) is 5.82 Å². The van der Waals surface area contributed by atoms with Crippen LogP contribution in [0.2, 0.25) is 10.0 Å². The lowest BCUT2D eigenvalue weighted by Gasteiger charge is -2.48. The second kappa shape index (κ2) is 8.85. The van der Waals surface area contributed by atoms with Gasteiger partial charge in [-0.05, 0) is 73.6 Å². The molecule has 2 heterocycles. The maximum Gasteiger partial charge on any atom is 0.247 e. The van der Waals surface area contributed by atoms with E-state index in [1.54, 1.807) is 12.1 Å². The number of benzene rings is 2. The standard InChI is InChI=1S/C25H28Cl2FN3O/c26-21-10-5-17(15-22(21)27)20-3-1-2-4-23(20)30-13-11-25(12-14-30)24(32)29-16-31(25)19-8-6-18(28)7-9-19/h5-10,15,20,23H,1-4,11-14,16H2,(H,29,32)/t20-,23-/m1/s1. The Morgan fingerprint density at radius 2 is 1.69 bits per heavy atom. The van der Waals surface area contributed by atoms with Gasteiger partial charge in [-0.25, -0.2) is 4.39 Å². The van der Waals surface area contributed by atoms with Crippen molar-refractivity contribution in [3.8, 4) is 0 Å². The van der Waals surface area contributed by atoms with Crippen molar-refractivity contribution in [2.75, 3.05) is 24.7 Å². The number of carbonyl (C=O) groups is 1. The van der Waals surface area contributed by atoms with E-state index in [0.717, 1.165) is 44.5 Å². The van der Waals surface area contributed by atoms with Gasteiger partial charge >= 0.3 is 0 Å². The van der Waals surface area contributed by atoms with Crippen molar-refractivity contribution < 1.29 is 9.18 Å². The van der Waals surface area contributed by atoms with Gasteiger partial charge in [0, 0.05) is 24.8 Å². The third-order valence-electron chi connectivity index (χ3n) is 7.67. The molecule has 1 N–H and O–H groups in total. The van der Waals surface area contributed by atoms with E-state index < -0.39 is 5.54 Å².